The average molecular weight is 526 g/mol. The van der Waals surface area contributed by atoms with Gasteiger partial charge in [-0.25, -0.2) is 0 Å². The van der Waals surface area contributed by atoms with E-state index in [0.29, 0.717) is 27.8 Å². The van der Waals surface area contributed by atoms with Crippen molar-refractivity contribution in [3.05, 3.63) is 91.4 Å². The van der Waals surface area contributed by atoms with Gasteiger partial charge < -0.3 is 14.4 Å². The van der Waals surface area contributed by atoms with Crippen LogP contribution in [0.1, 0.15) is 32.3 Å². The number of benzene rings is 3. The van der Waals surface area contributed by atoms with Crippen LogP contribution in [0.25, 0.3) is 0 Å². The molecule has 1 fully saturated rings. The first-order chi connectivity index (χ1) is 17.3. The lowest BCUT2D eigenvalue weighted by atomic mass is 9.86. The second kappa shape index (κ2) is 7.94. The zero-order chi connectivity index (χ0) is 25.3. The van der Waals surface area contributed by atoms with E-state index in [0.717, 1.165) is 17.0 Å². The first kappa shape index (κ1) is 22.3. The predicted molar refractivity (Wildman–Crippen MR) is 127 cm³/mol. The summed E-state index contributed by atoms with van der Waals surface area (Å²) >= 11 is 12.2. The molecule has 3 aliphatic heterocycles. The van der Waals surface area contributed by atoms with Crippen LogP contribution in [-0.2, 0) is 4.79 Å². The van der Waals surface area contributed by atoms with Gasteiger partial charge in [-0.05, 0) is 42.0 Å². The Morgan fingerprint density at radius 1 is 0.806 bits per heavy atom. The zero-order valence-electron chi connectivity index (χ0n) is 18.0. The molecule has 0 aromatic heterocycles. The third-order valence-electron chi connectivity index (χ3n) is 6.38. The van der Waals surface area contributed by atoms with Crippen LogP contribution < -0.4 is 14.4 Å². The summed E-state index contributed by atoms with van der Waals surface area (Å²) in [5.41, 5.74) is 0.537. The van der Waals surface area contributed by atoms with Crippen LogP contribution in [0.3, 0.4) is 0 Å². The number of carbonyl (C=O) groups is 3. The molecule has 0 aliphatic carbocycles. The summed E-state index contributed by atoms with van der Waals surface area (Å²) in [7, 11) is 0. The highest BCUT2D eigenvalue weighted by Gasteiger charge is 2.57. The van der Waals surface area contributed by atoms with Crippen LogP contribution in [0.4, 0.5) is 11.4 Å². The summed E-state index contributed by atoms with van der Waals surface area (Å²) in [5, 5.41) is 11.7. The Hall–Kier alpha value is -4.15. The Morgan fingerprint density at radius 2 is 1.56 bits per heavy atom. The van der Waals surface area contributed by atoms with Gasteiger partial charge in [0, 0.05) is 17.8 Å². The highest BCUT2D eigenvalue weighted by Crippen LogP contribution is 2.47. The van der Waals surface area contributed by atoms with Crippen molar-refractivity contribution in [1.29, 1.82) is 0 Å². The van der Waals surface area contributed by atoms with E-state index < -0.39 is 34.7 Å². The Kier molecular flexibility index (Phi) is 4.92. The number of halogens is 2. The lowest BCUT2D eigenvalue weighted by Crippen LogP contribution is -2.67. The molecule has 3 aromatic carbocycles. The molecule has 0 spiro atoms. The fourth-order valence-electron chi connectivity index (χ4n) is 4.69. The van der Waals surface area contributed by atoms with Gasteiger partial charge in [0.1, 0.15) is 6.04 Å². The van der Waals surface area contributed by atoms with Gasteiger partial charge in [0.2, 0.25) is 6.79 Å². The lowest BCUT2D eigenvalue weighted by molar-refractivity contribution is -0.384. The number of fused-ring (bicyclic) bond motifs is 2. The summed E-state index contributed by atoms with van der Waals surface area (Å²) in [6.45, 7) is 0.0412. The Labute approximate surface area is 212 Å². The molecule has 0 N–H and O–H groups in total. The fraction of sp³-hybridized carbons (Fsp3) is 0.125. The molecule has 180 valence electrons. The monoisotopic (exact) mass is 525 g/mol. The number of nitro benzene ring substituents is 1. The van der Waals surface area contributed by atoms with Crippen molar-refractivity contribution in [3.8, 4) is 11.5 Å². The van der Waals surface area contributed by atoms with Crippen LogP contribution in [-0.4, -0.2) is 40.4 Å². The van der Waals surface area contributed by atoms with Crippen molar-refractivity contribution in [2.45, 2.75) is 12.1 Å². The van der Waals surface area contributed by atoms with Crippen molar-refractivity contribution in [1.82, 2.24) is 4.90 Å². The number of amides is 3. The topological polar surface area (TPSA) is 119 Å². The van der Waals surface area contributed by atoms with Crippen molar-refractivity contribution in [3.63, 3.8) is 0 Å². The van der Waals surface area contributed by atoms with Gasteiger partial charge in [0.05, 0.1) is 32.1 Å². The quantitative estimate of drug-likeness (QED) is 0.214. The van der Waals surface area contributed by atoms with E-state index in [1.54, 1.807) is 24.3 Å². The molecule has 36 heavy (non-hydrogen) atoms. The molecule has 2 unspecified atom stereocenters. The molecule has 3 heterocycles. The van der Waals surface area contributed by atoms with E-state index in [4.69, 9.17) is 32.7 Å². The minimum absolute atomic E-state index is 0.00387. The normalized spacial score (nSPS) is 20.0. The predicted octanol–water partition coefficient (Wildman–Crippen LogP) is 4.38. The lowest BCUT2D eigenvalue weighted by Gasteiger charge is -2.49. The molecular weight excluding hydrogens is 513 g/mol. The van der Waals surface area contributed by atoms with E-state index in [1.165, 1.54) is 23.1 Å². The van der Waals surface area contributed by atoms with Gasteiger partial charge in [-0.1, -0.05) is 29.3 Å². The minimum atomic E-state index is -1.20. The molecule has 10 nitrogen and oxygen atoms in total. The smallest absolute Gasteiger partial charge is 0.270 e. The standard InChI is InChI=1S/C24H13Cl2N3O7/c25-16-5-3-12(9-17(16)26)27-20(11-1-6-18-19(7-11)36-10-35-18)21(24(27)32)28-22(30)14-4-2-13(29(33)34)8-15(14)23(28)31/h1-9,20-21H,10H2. The molecule has 12 heteroatoms. The van der Waals surface area contributed by atoms with E-state index >= 15 is 0 Å². The number of carbonyl (C=O) groups excluding carboxylic acids is 3. The molecule has 1 saturated heterocycles. The number of imide groups is 1. The second-order valence-electron chi connectivity index (χ2n) is 8.28. The third-order valence-corrected chi connectivity index (χ3v) is 7.12. The number of β-lactam (4-membered cyclic amide) rings is 1. The first-order valence-electron chi connectivity index (χ1n) is 10.6. The number of hydrogen-bond acceptors (Lipinski definition) is 7. The molecule has 0 saturated carbocycles. The van der Waals surface area contributed by atoms with E-state index in [-0.39, 0.29) is 28.6 Å². The van der Waals surface area contributed by atoms with Crippen molar-refractivity contribution in [2.75, 3.05) is 11.7 Å². The number of nitrogens with zero attached hydrogens (tertiary/aromatic N) is 3. The van der Waals surface area contributed by atoms with E-state index in [9.17, 15) is 24.5 Å². The van der Waals surface area contributed by atoms with Crippen LogP contribution >= 0.6 is 23.2 Å². The fourth-order valence-corrected chi connectivity index (χ4v) is 4.98. The zero-order valence-corrected chi connectivity index (χ0v) is 19.5. The number of hydrogen-bond donors (Lipinski definition) is 0. The third kappa shape index (κ3) is 3.15. The van der Waals surface area contributed by atoms with Gasteiger partial charge in [-0.3, -0.25) is 29.4 Å². The van der Waals surface area contributed by atoms with Gasteiger partial charge in [-0.15, -0.1) is 0 Å². The summed E-state index contributed by atoms with van der Waals surface area (Å²) in [6.07, 6.45) is 0. The van der Waals surface area contributed by atoms with Gasteiger partial charge >= 0.3 is 0 Å². The van der Waals surface area contributed by atoms with Gasteiger partial charge in [0.15, 0.2) is 11.5 Å². The number of rotatable bonds is 4. The largest absolute Gasteiger partial charge is 0.454 e. The molecular formula is C24H13Cl2N3O7. The minimum Gasteiger partial charge on any atom is -0.454 e. The first-order valence-corrected chi connectivity index (χ1v) is 11.4. The molecule has 3 aromatic rings. The highest BCUT2D eigenvalue weighted by atomic mass is 35.5. The van der Waals surface area contributed by atoms with Gasteiger partial charge in [0.25, 0.3) is 23.4 Å². The number of nitro groups is 1. The maximum Gasteiger partial charge on any atom is 0.270 e. The number of ether oxygens (including phenoxy) is 2. The maximum absolute atomic E-state index is 13.5. The van der Waals surface area contributed by atoms with Crippen LogP contribution in [0, 0.1) is 10.1 Å². The molecule has 3 aliphatic rings. The number of anilines is 1. The Bertz CT molecular complexity index is 1530. The summed E-state index contributed by atoms with van der Waals surface area (Å²) in [6, 6.07) is 11.2. The van der Waals surface area contributed by atoms with Crippen LogP contribution in [0.2, 0.25) is 10.0 Å². The van der Waals surface area contributed by atoms with Gasteiger partial charge in [-0.2, -0.15) is 0 Å². The maximum atomic E-state index is 13.5. The van der Waals surface area contributed by atoms with Crippen LogP contribution in [0.15, 0.2) is 54.6 Å². The van der Waals surface area contributed by atoms with Crippen LogP contribution in [0.5, 0.6) is 11.5 Å². The summed E-state index contributed by atoms with van der Waals surface area (Å²) in [5.74, 6) is -1.04. The Morgan fingerprint density at radius 3 is 2.31 bits per heavy atom. The van der Waals surface area contributed by atoms with Crippen molar-refractivity contribution in [2.24, 2.45) is 0 Å². The highest BCUT2D eigenvalue weighted by molar-refractivity contribution is 6.42. The van der Waals surface area contributed by atoms with E-state index in [1.807, 2.05) is 0 Å². The summed E-state index contributed by atoms with van der Waals surface area (Å²) < 4.78 is 10.8. The second-order valence-corrected chi connectivity index (χ2v) is 9.09. The summed E-state index contributed by atoms with van der Waals surface area (Å²) in [4.78, 5) is 52.9. The molecule has 0 bridgehead atoms. The van der Waals surface area contributed by atoms with E-state index in [2.05, 4.69) is 0 Å². The molecule has 0 radical (unpaired) electrons. The SMILES string of the molecule is O=C1c2ccc([N+](=O)[O-])cc2C(=O)N1C1C(=O)N(c2ccc(Cl)c(Cl)c2)C1c1ccc2c(c1)OCO2. The Balaban J connectivity index is 1.44. The molecule has 2 atom stereocenters. The molecule has 3 amide bonds. The van der Waals surface area contributed by atoms with Crippen molar-refractivity contribution < 1.29 is 28.8 Å². The average Bonchev–Trinajstić information content (AvgIpc) is 3.42. The number of non-ortho nitro benzene ring substituents is 1. The van der Waals surface area contributed by atoms with Crippen molar-refractivity contribution >= 4 is 52.3 Å². The molecule has 6 rings (SSSR count).